The fraction of sp³-hybridized carbons (Fsp3) is 0.933. The average molecular weight is 280 g/mol. The Kier molecular flexibility index (Phi) is 3.05. The smallest absolute Gasteiger partial charge is 0.223 e. The first-order valence-electron chi connectivity index (χ1n) is 8.03. The predicted molar refractivity (Wildman–Crippen MR) is 72.9 cm³/mol. The lowest BCUT2D eigenvalue weighted by Crippen LogP contribution is -2.68. The molecule has 2 N–H and O–H groups in total. The van der Waals surface area contributed by atoms with Crippen molar-refractivity contribution in [2.45, 2.75) is 56.4 Å². The molecule has 4 fully saturated rings. The molecule has 5 nitrogen and oxygen atoms in total. The molecular weight excluding hydrogens is 256 g/mol. The summed E-state index contributed by atoms with van der Waals surface area (Å²) in [6, 6.07) is 0.551. The highest BCUT2D eigenvalue weighted by Gasteiger charge is 2.51. The van der Waals surface area contributed by atoms with Gasteiger partial charge in [0.2, 0.25) is 5.91 Å². The van der Waals surface area contributed by atoms with Crippen molar-refractivity contribution < 1.29 is 15.0 Å². The average Bonchev–Trinajstić information content (AvgIpc) is 2.42. The molecule has 4 rings (SSSR count). The maximum absolute atomic E-state index is 12.2. The molecule has 0 aliphatic carbocycles. The Morgan fingerprint density at radius 3 is 2.70 bits per heavy atom. The molecular formula is C15H24N2O3. The van der Waals surface area contributed by atoms with Gasteiger partial charge in [0.25, 0.3) is 0 Å². The van der Waals surface area contributed by atoms with Crippen molar-refractivity contribution in [3.8, 4) is 0 Å². The van der Waals surface area contributed by atoms with E-state index in [-0.39, 0.29) is 24.2 Å². The molecule has 0 unspecified atom stereocenters. The molecule has 0 aromatic heterocycles. The number of hydrogen-bond acceptors (Lipinski definition) is 4. The molecule has 4 aliphatic heterocycles. The van der Waals surface area contributed by atoms with E-state index in [2.05, 4.69) is 4.90 Å². The van der Waals surface area contributed by atoms with Crippen LogP contribution in [-0.4, -0.2) is 69.8 Å². The first-order chi connectivity index (χ1) is 9.63. The van der Waals surface area contributed by atoms with Gasteiger partial charge >= 0.3 is 0 Å². The van der Waals surface area contributed by atoms with Crippen molar-refractivity contribution >= 4 is 5.91 Å². The first-order valence-corrected chi connectivity index (χ1v) is 8.03. The third kappa shape index (κ3) is 1.90. The number of carbonyl (C=O) groups is 1. The van der Waals surface area contributed by atoms with Crippen LogP contribution in [0.4, 0.5) is 0 Å². The maximum atomic E-state index is 12.2. The number of amides is 1. The van der Waals surface area contributed by atoms with E-state index >= 15 is 0 Å². The van der Waals surface area contributed by atoms with E-state index in [1.54, 1.807) is 0 Å². The summed E-state index contributed by atoms with van der Waals surface area (Å²) in [6.45, 7) is 2.52. The summed E-state index contributed by atoms with van der Waals surface area (Å²) in [5, 5.41) is 20.2. The standard InChI is InChI=1S/C15H24N2O3/c18-11-1-2-12-9-5-10(6-16(12)8-11)15-13(19)3-4-14(20)17(15)7-9/h9-13,15,18-19H,1-8H2/t9-,10-,11-,12+,13-,15-/m0/s1. The van der Waals surface area contributed by atoms with Crippen LogP contribution in [-0.2, 0) is 4.79 Å². The number of nitrogens with zero attached hydrogens (tertiary/aromatic N) is 2. The molecule has 112 valence electrons. The van der Waals surface area contributed by atoms with Crippen LogP contribution in [0.3, 0.4) is 0 Å². The molecule has 4 heterocycles. The molecule has 6 atom stereocenters. The van der Waals surface area contributed by atoms with Crippen LogP contribution in [0.25, 0.3) is 0 Å². The minimum absolute atomic E-state index is 0.0209. The second kappa shape index (κ2) is 4.68. The summed E-state index contributed by atoms with van der Waals surface area (Å²) in [4.78, 5) is 16.6. The van der Waals surface area contributed by atoms with E-state index in [1.165, 1.54) is 0 Å². The van der Waals surface area contributed by atoms with Crippen molar-refractivity contribution in [3.63, 3.8) is 0 Å². The Balaban J connectivity index is 1.60. The van der Waals surface area contributed by atoms with Crippen LogP contribution < -0.4 is 0 Å². The minimum atomic E-state index is -0.357. The molecule has 0 aromatic carbocycles. The van der Waals surface area contributed by atoms with Crippen molar-refractivity contribution in [3.05, 3.63) is 0 Å². The molecule has 4 saturated heterocycles. The lowest BCUT2D eigenvalue weighted by Gasteiger charge is -2.58. The number of carbonyl (C=O) groups excluding carboxylic acids is 1. The largest absolute Gasteiger partial charge is 0.392 e. The van der Waals surface area contributed by atoms with Gasteiger partial charge in [0.1, 0.15) is 0 Å². The van der Waals surface area contributed by atoms with Crippen LogP contribution in [0, 0.1) is 11.8 Å². The second-order valence-electron chi connectivity index (χ2n) is 7.15. The van der Waals surface area contributed by atoms with Gasteiger partial charge in [0, 0.05) is 32.1 Å². The van der Waals surface area contributed by atoms with E-state index in [1.807, 2.05) is 4.90 Å². The van der Waals surface area contributed by atoms with E-state index in [9.17, 15) is 15.0 Å². The molecule has 20 heavy (non-hydrogen) atoms. The highest BCUT2D eigenvalue weighted by Crippen LogP contribution is 2.43. The monoisotopic (exact) mass is 280 g/mol. The number of hydrogen-bond donors (Lipinski definition) is 2. The van der Waals surface area contributed by atoms with Gasteiger partial charge in [0.15, 0.2) is 0 Å². The molecule has 1 amide bonds. The summed E-state index contributed by atoms with van der Waals surface area (Å²) >= 11 is 0. The number of aliphatic hydroxyl groups is 2. The molecule has 2 bridgehead atoms. The zero-order valence-electron chi connectivity index (χ0n) is 11.8. The van der Waals surface area contributed by atoms with E-state index in [0.29, 0.717) is 30.7 Å². The molecule has 5 heteroatoms. The Hall–Kier alpha value is -0.650. The Morgan fingerprint density at radius 1 is 1.00 bits per heavy atom. The van der Waals surface area contributed by atoms with Gasteiger partial charge in [-0.05, 0) is 37.5 Å². The van der Waals surface area contributed by atoms with Crippen molar-refractivity contribution in [1.29, 1.82) is 0 Å². The lowest BCUT2D eigenvalue weighted by atomic mass is 9.70. The quantitative estimate of drug-likeness (QED) is 0.646. The molecule has 0 radical (unpaired) electrons. The summed E-state index contributed by atoms with van der Waals surface area (Å²) < 4.78 is 0. The number of rotatable bonds is 0. The van der Waals surface area contributed by atoms with Crippen LogP contribution in [0.1, 0.15) is 32.1 Å². The fourth-order valence-corrected chi connectivity index (χ4v) is 5.16. The third-order valence-electron chi connectivity index (χ3n) is 5.97. The Labute approximate surface area is 119 Å². The van der Waals surface area contributed by atoms with Gasteiger partial charge in [-0.15, -0.1) is 0 Å². The topological polar surface area (TPSA) is 64.0 Å². The third-order valence-corrected chi connectivity index (χ3v) is 5.97. The van der Waals surface area contributed by atoms with E-state index in [4.69, 9.17) is 0 Å². The maximum Gasteiger partial charge on any atom is 0.223 e. The Bertz CT molecular complexity index is 416. The molecule has 0 saturated carbocycles. The van der Waals surface area contributed by atoms with Crippen molar-refractivity contribution in [1.82, 2.24) is 9.80 Å². The van der Waals surface area contributed by atoms with E-state index in [0.717, 1.165) is 38.9 Å². The number of fused-ring (bicyclic) bond motifs is 6. The zero-order chi connectivity index (χ0) is 13.9. The van der Waals surface area contributed by atoms with Crippen LogP contribution in [0.15, 0.2) is 0 Å². The van der Waals surface area contributed by atoms with Gasteiger partial charge in [-0.2, -0.15) is 0 Å². The number of piperidine rings is 4. The van der Waals surface area contributed by atoms with Gasteiger partial charge in [0.05, 0.1) is 18.2 Å². The second-order valence-corrected chi connectivity index (χ2v) is 7.15. The normalized spacial score (nSPS) is 48.7. The van der Waals surface area contributed by atoms with Crippen molar-refractivity contribution in [2.24, 2.45) is 11.8 Å². The molecule has 4 aliphatic rings. The highest BCUT2D eigenvalue weighted by atomic mass is 16.3. The number of aliphatic hydroxyl groups excluding tert-OH is 2. The summed E-state index contributed by atoms with van der Waals surface area (Å²) in [5.74, 6) is 1.15. The Morgan fingerprint density at radius 2 is 1.85 bits per heavy atom. The fourth-order valence-electron chi connectivity index (χ4n) is 5.16. The van der Waals surface area contributed by atoms with Gasteiger partial charge in [-0.25, -0.2) is 0 Å². The van der Waals surface area contributed by atoms with Crippen molar-refractivity contribution in [2.75, 3.05) is 19.6 Å². The first kappa shape index (κ1) is 13.0. The van der Waals surface area contributed by atoms with Crippen LogP contribution in [0.5, 0.6) is 0 Å². The van der Waals surface area contributed by atoms with E-state index < -0.39 is 0 Å². The summed E-state index contributed by atoms with van der Waals surface area (Å²) in [7, 11) is 0. The SMILES string of the molecule is O=C1CC[C@H](O)[C@@H]2[C@H]3C[C@@H](CN12)[C@H]1CC[C@H](O)CN1C3. The highest BCUT2D eigenvalue weighted by molar-refractivity contribution is 5.77. The summed E-state index contributed by atoms with van der Waals surface area (Å²) in [6.07, 6.45) is 3.65. The van der Waals surface area contributed by atoms with Crippen LogP contribution >= 0.6 is 0 Å². The predicted octanol–water partition coefficient (Wildman–Crippen LogP) is -0.187. The molecule has 0 aromatic rings. The summed E-state index contributed by atoms with van der Waals surface area (Å²) in [5.41, 5.74) is 0. The minimum Gasteiger partial charge on any atom is -0.392 e. The van der Waals surface area contributed by atoms with Gasteiger partial charge in [-0.1, -0.05) is 0 Å². The van der Waals surface area contributed by atoms with Gasteiger partial charge < -0.3 is 15.1 Å². The molecule has 0 spiro atoms. The lowest BCUT2D eigenvalue weighted by molar-refractivity contribution is -0.161. The van der Waals surface area contributed by atoms with Gasteiger partial charge in [-0.3, -0.25) is 9.69 Å². The zero-order valence-corrected chi connectivity index (χ0v) is 11.8. The van der Waals surface area contributed by atoms with Crippen LogP contribution in [0.2, 0.25) is 0 Å².